The summed E-state index contributed by atoms with van der Waals surface area (Å²) >= 11 is 0. The lowest BCUT2D eigenvalue weighted by atomic mass is 10.1. The molecule has 0 aliphatic carbocycles. The molecule has 1 atom stereocenters. The zero-order valence-electron chi connectivity index (χ0n) is 8.86. The monoisotopic (exact) mass is 202 g/mol. The molecule has 0 saturated carbocycles. The molecule has 0 rings (SSSR count). The van der Waals surface area contributed by atoms with Gasteiger partial charge in [-0.2, -0.15) is 0 Å². The summed E-state index contributed by atoms with van der Waals surface area (Å²) in [6, 6.07) is -0.537. The van der Waals surface area contributed by atoms with Crippen LogP contribution in [0.3, 0.4) is 0 Å². The predicted molar refractivity (Wildman–Crippen MR) is 54.9 cm³/mol. The molecular weight excluding hydrogens is 182 g/mol. The lowest BCUT2D eigenvalue weighted by Gasteiger charge is -2.04. The SMILES string of the molecule is CC(C)C(N)=NCCCC([NH3+])C(=O)O. The maximum absolute atomic E-state index is 10.4. The first-order valence-electron chi connectivity index (χ1n) is 4.80. The van der Waals surface area contributed by atoms with Gasteiger partial charge in [0.1, 0.15) is 0 Å². The number of carboxylic acids is 1. The number of hydrogen-bond acceptors (Lipinski definition) is 2. The van der Waals surface area contributed by atoms with Gasteiger partial charge in [-0.05, 0) is 6.42 Å². The molecular formula is C9H20N3O2+. The average Bonchev–Trinajstić information content (AvgIpc) is 2.11. The van der Waals surface area contributed by atoms with Crippen molar-refractivity contribution < 1.29 is 15.6 Å². The number of carbonyl (C=O) groups is 1. The molecule has 0 radical (unpaired) electrons. The lowest BCUT2D eigenvalue weighted by molar-refractivity contribution is -0.409. The summed E-state index contributed by atoms with van der Waals surface area (Å²) in [4.78, 5) is 14.5. The van der Waals surface area contributed by atoms with E-state index in [4.69, 9.17) is 10.8 Å². The van der Waals surface area contributed by atoms with Crippen molar-refractivity contribution in [3.63, 3.8) is 0 Å². The van der Waals surface area contributed by atoms with E-state index in [1.807, 2.05) is 13.8 Å². The molecule has 0 amide bonds. The van der Waals surface area contributed by atoms with Gasteiger partial charge in [-0.15, -0.1) is 0 Å². The second kappa shape index (κ2) is 6.37. The predicted octanol–water partition coefficient (Wildman–Crippen LogP) is -0.525. The van der Waals surface area contributed by atoms with Gasteiger partial charge in [0.2, 0.25) is 0 Å². The molecule has 0 saturated heterocycles. The number of amidine groups is 1. The van der Waals surface area contributed by atoms with E-state index >= 15 is 0 Å². The van der Waals surface area contributed by atoms with Crippen LogP contribution in [-0.2, 0) is 4.79 Å². The van der Waals surface area contributed by atoms with Crippen molar-refractivity contribution in [2.45, 2.75) is 32.7 Å². The van der Waals surface area contributed by atoms with Crippen LogP contribution < -0.4 is 11.5 Å². The van der Waals surface area contributed by atoms with E-state index in [9.17, 15) is 4.79 Å². The van der Waals surface area contributed by atoms with Gasteiger partial charge in [0.05, 0.1) is 5.84 Å². The molecule has 14 heavy (non-hydrogen) atoms. The summed E-state index contributed by atoms with van der Waals surface area (Å²) in [5.74, 6) is 0.0248. The van der Waals surface area contributed by atoms with Gasteiger partial charge in [0.25, 0.3) is 0 Å². The Labute approximate surface area is 84.2 Å². The molecule has 0 fully saturated rings. The fourth-order valence-corrected chi connectivity index (χ4v) is 0.852. The number of nitrogens with two attached hydrogens (primary N) is 1. The molecule has 0 aromatic rings. The van der Waals surface area contributed by atoms with Crippen LogP contribution in [0, 0.1) is 5.92 Å². The molecule has 0 aromatic heterocycles. The van der Waals surface area contributed by atoms with E-state index in [0.29, 0.717) is 25.2 Å². The van der Waals surface area contributed by atoms with Crippen LogP contribution in [0.25, 0.3) is 0 Å². The van der Waals surface area contributed by atoms with E-state index in [0.717, 1.165) is 0 Å². The summed E-state index contributed by atoms with van der Waals surface area (Å²) in [7, 11) is 0. The Balaban J connectivity index is 3.66. The first-order valence-corrected chi connectivity index (χ1v) is 4.80. The van der Waals surface area contributed by atoms with E-state index in [-0.39, 0.29) is 5.92 Å². The van der Waals surface area contributed by atoms with Crippen LogP contribution in [0.15, 0.2) is 4.99 Å². The molecule has 0 heterocycles. The van der Waals surface area contributed by atoms with E-state index in [1.54, 1.807) is 0 Å². The fourth-order valence-electron chi connectivity index (χ4n) is 0.852. The standard InChI is InChI=1S/C9H19N3O2/c1-6(2)8(11)12-5-3-4-7(10)9(13)14/h6-7H,3-5,10H2,1-2H3,(H2,11,12)(H,13,14)/p+1. The number of aliphatic carboxylic acids is 1. The van der Waals surface area contributed by atoms with Crippen LogP contribution >= 0.6 is 0 Å². The Kier molecular flexibility index (Phi) is 5.87. The van der Waals surface area contributed by atoms with Crippen LogP contribution in [0.2, 0.25) is 0 Å². The molecule has 0 aliphatic heterocycles. The molecule has 5 nitrogen and oxygen atoms in total. The molecule has 1 unspecified atom stereocenters. The van der Waals surface area contributed by atoms with Crippen molar-refractivity contribution in [3.8, 4) is 0 Å². The minimum atomic E-state index is -0.856. The zero-order valence-corrected chi connectivity index (χ0v) is 8.86. The highest BCUT2D eigenvalue weighted by Crippen LogP contribution is 1.96. The highest BCUT2D eigenvalue weighted by atomic mass is 16.4. The average molecular weight is 202 g/mol. The minimum Gasteiger partial charge on any atom is -0.477 e. The lowest BCUT2D eigenvalue weighted by Crippen LogP contribution is -2.64. The van der Waals surface area contributed by atoms with Crippen molar-refractivity contribution in [2.75, 3.05) is 6.54 Å². The van der Waals surface area contributed by atoms with Gasteiger partial charge in [-0.1, -0.05) is 13.8 Å². The number of hydrogen-bond donors (Lipinski definition) is 3. The second-order valence-corrected chi connectivity index (χ2v) is 3.64. The van der Waals surface area contributed by atoms with Gasteiger partial charge in [-0.3, -0.25) is 4.99 Å². The van der Waals surface area contributed by atoms with Crippen LogP contribution in [0.5, 0.6) is 0 Å². The largest absolute Gasteiger partial charge is 0.477 e. The molecule has 6 N–H and O–H groups in total. The first-order chi connectivity index (χ1) is 6.45. The Bertz CT molecular complexity index is 214. The van der Waals surface area contributed by atoms with Gasteiger partial charge in [0, 0.05) is 18.9 Å². The summed E-state index contributed by atoms with van der Waals surface area (Å²) < 4.78 is 0. The maximum atomic E-state index is 10.4. The molecule has 5 heteroatoms. The third-order valence-electron chi connectivity index (χ3n) is 1.95. The molecule has 0 bridgehead atoms. The Morgan fingerprint density at radius 1 is 1.57 bits per heavy atom. The summed E-state index contributed by atoms with van der Waals surface area (Å²) in [5.41, 5.74) is 9.12. The number of quaternary nitrogens is 1. The Morgan fingerprint density at radius 2 is 2.14 bits per heavy atom. The van der Waals surface area contributed by atoms with Crippen LogP contribution in [0.1, 0.15) is 26.7 Å². The highest BCUT2D eigenvalue weighted by molar-refractivity contribution is 5.82. The zero-order chi connectivity index (χ0) is 11.1. The Morgan fingerprint density at radius 3 is 2.57 bits per heavy atom. The maximum Gasteiger partial charge on any atom is 0.362 e. The minimum absolute atomic E-state index is 0.255. The summed E-state index contributed by atoms with van der Waals surface area (Å²) in [5, 5.41) is 8.56. The topological polar surface area (TPSA) is 103 Å². The fraction of sp³-hybridized carbons (Fsp3) is 0.778. The first kappa shape index (κ1) is 12.9. The Hall–Kier alpha value is -1.10. The molecule has 0 spiro atoms. The normalized spacial score (nSPS) is 14.4. The third-order valence-corrected chi connectivity index (χ3v) is 1.95. The van der Waals surface area contributed by atoms with E-state index in [2.05, 4.69) is 10.7 Å². The van der Waals surface area contributed by atoms with Crippen molar-refractivity contribution in [2.24, 2.45) is 16.6 Å². The summed E-state index contributed by atoms with van der Waals surface area (Å²) in [6.07, 6.45) is 1.26. The highest BCUT2D eigenvalue weighted by Gasteiger charge is 2.13. The van der Waals surface area contributed by atoms with Gasteiger partial charge in [0.15, 0.2) is 6.04 Å². The van der Waals surface area contributed by atoms with Crippen LogP contribution in [-0.4, -0.2) is 29.5 Å². The summed E-state index contributed by atoms with van der Waals surface area (Å²) in [6.45, 7) is 4.53. The number of nitrogens with zero attached hydrogens (tertiary/aromatic N) is 1. The van der Waals surface area contributed by atoms with E-state index < -0.39 is 12.0 Å². The molecule has 82 valence electrons. The third kappa shape index (κ3) is 5.53. The van der Waals surface area contributed by atoms with Gasteiger partial charge >= 0.3 is 5.97 Å². The van der Waals surface area contributed by atoms with E-state index in [1.165, 1.54) is 0 Å². The van der Waals surface area contributed by atoms with Crippen molar-refractivity contribution in [3.05, 3.63) is 0 Å². The number of carboxylic acid groups (broad SMARTS) is 1. The van der Waals surface area contributed by atoms with Crippen LogP contribution in [0.4, 0.5) is 0 Å². The van der Waals surface area contributed by atoms with Crippen molar-refractivity contribution >= 4 is 11.8 Å². The quantitative estimate of drug-likeness (QED) is 0.306. The van der Waals surface area contributed by atoms with Crippen molar-refractivity contribution in [1.29, 1.82) is 0 Å². The van der Waals surface area contributed by atoms with Crippen molar-refractivity contribution in [1.82, 2.24) is 0 Å². The van der Waals surface area contributed by atoms with Gasteiger partial charge < -0.3 is 16.6 Å². The number of aliphatic imine (C=N–C) groups is 1. The van der Waals surface area contributed by atoms with Gasteiger partial charge in [-0.25, -0.2) is 4.79 Å². The number of rotatable bonds is 6. The molecule has 0 aromatic carbocycles. The smallest absolute Gasteiger partial charge is 0.362 e. The second-order valence-electron chi connectivity index (χ2n) is 3.64. The molecule has 0 aliphatic rings.